The van der Waals surface area contributed by atoms with E-state index >= 15 is 0 Å². The Labute approximate surface area is 157 Å². The maximum absolute atomic E-state index is 13.1. The van der Waals surface area contributed by atoms with E-state index in [1.165, 1.54) is 0 Å². The molecular weight excluding hydrogens is 342 g/mol. The average Bonchev–Trinajstić information content (AvgIpc) is 3.30. The minimum Gasteiger partial charge on any atom is -0.378 e. The third-order valence-corrected chi connectivity index (χ3v) is 5.94. The number of piperidine rings is 1. The first-order valence-electron chi connectivity index (χ1n) is 9.40. The summed E-state index contributed by atoms with van der Waals surface area (Å²) < 4.78 is 7.69. The molecule has 27 heavy (non-hydrogen) atoms. The Bertz CT molecular complexity index is 950. The molecule has 0 saturated carbocycles. The van der Waals surface area contributed by atoms with Crippen LogP contribution in [0.15, 0.2) is 42.9 Å². The van der Waals surface area contributed by atoms with Crippen LogP contribution >= 0.6 is 0 Å². The first kappa shape index (κ1) is 16.5. The van der Waals surface area contributed by atoms with Crippen molar-refractivity contribution >= 4 is 16.8 Å². The molecule has 2 saturated heterocycles. The van der Waals surface area contributed by atoms with Gasteiger partial charge in [-0.25, -0.2) is 0 Å². The van der Waals surface area contributed by atoms with Gasteiger partial charge in [0.2, 0.25) is 0 Å². The topological polar surface area (TPSA) is 75.2 Å². The van der Waals surface area contributed by atoms with Gasteiger partial charge in [0.25, 0.3) is 5.91 Å². The molecule has 5 rings (SSSR count). The predicted octanol–water partition coefficient (Wildman–Crippen LogP) is 1.95. The summed E-state index contributed by atoms with van der Waals surface area (Å²) in [6, 6.07) is 8.93. The van der Waals surface area contributed by atoms with E-state index in [9.17, 15) is 4.79 Å². The molecule has 7 nitrogen and oxygen atoms in total. The number of hydrogen-bond acceptors (Lipinski definition) is 4. The van der Waals surface area contributed by atoms with Crippen LogP contribution in [0.2, 0.25) is 0 Å². The zero-order chi connectivity index (χ0) is 18.4. The van der Waals surface area contributed by atoms with Crippen molar-refractivity contribution in [2.24, 2.45) is 0 Å². The molecule has 2 N–H and O–H groups in total. The third-order valence-electron chi connectivity index (χ3n) is 5.94. The van der Waals surface area contributed by atoms with Crippen LogP contribution in [0.25, 0.3) is 16.6 Å². The molecule has 3 atom stereocenters. The number of aromatic amines is 1. The molecule has 0 aliphatic carbocycles. The monoisotopic (exact) mass is 365 g/mol. The van der Waals surface area contributed by atoms with Gasteiger partial charge < -0.3 is 14.6 Å². The number of para-hydroxylation sites is 1. The first-order valence-corrected chi connectivity index (χ1v) is 9.40. The van der Waals surface area contributed by atoms with Crippen molar-refractivity contribution in [3.8, 4) is 5.69 Å². The highest BCUT2D eigenvalue weighted by molar-refractivity contribution is 6.07. The molecule has 0 radical (unpaired) electrons. The largest absolute Gasteiger partial charge is 0.378 e. The molecule has 4 heterocycles. The number of carbonyl (C=O) groups excluding carboxylic acids is 1. The standard InChI is InChI=1S/C20H23N5O2/c1-24-14-6-13(7-15(24)12-27-11-14)23-20(26)18-10-25(16-8-21-22-9-16)19-5-3-2-4-17(18)19/h2-5,8-10,13-15H,6-7,11-12H2,1H3,(H,21,22)(H,23,26)/t13-,14-,15+. The first-order chi connectivity index (χ1) is 13.2. The molecule has 2 aliphatic rings. The summed E-state index contributed by atoms with van der Waals surface area (Å²) in [5, 5.41) is 11.1. The fourth-order valence-electron chi connectivity index (χ4n) is 4.43. The van der Waals surface area contributed by atoms with Crippen LogP contribution < -0.4 is 5.32 Å². The number of morpholine rings is 1. The van der Waals surface area contributed by atoms with E-state index in [4.69, 9.17) is 4.74 Å². The van der Waals surface area contributed by atoms with Gasteiger partial charge >= 0.3 is 0 Å². The van der Waals surface area contributed by atoms with Crippen molar-refractivity contribution < 1.29 is 9.53 Å². The summed E-state index contributed by atoms with van der Waals surface area (Å²) in [5.41, 5.74) is 2.61. The summed E-state index contributed by atoms with van der Waals surface area (Å²) in [4.78, 5) is 15.5. The summed E-state index contributed by atoms with van der Waals surface area (Å²) in [6.07, 6.45) is 7.35. The minimum atomic E-state index is -0.0120. The van der Waals surface area contributed by atoms with Crippen LogP contribution in [0.4, 0.5) is 0 Å². The number of rotatable bonds is 3. The minimum absolute atomic E-state index is 0.0120. The highest BCUT2D eigenvalue weighted by Crippen LogP contribution is 2.28. The number of amides is 1. The van der Waals surface area contributed by atoms with Crippen LogP contribution in [-0.4, -0.2) is 64.0 Å². The number of benzene rings is 1. The van der Waals surface area contributed by atoms with Gasteiger partial charge in [-0.2, -0.15) is 5.10 Å². The van der Waals surface area contributed by atoms with Gasteiger partial charge in [-0.3, -0.25) is 14.8 Å². The molecule has 1 amide bonds. The van der Waals surface area contributed by atoms with Crippen LogP contribution in [0.3, 0.4) is 0 Å². The van der Waals surface area contributed by atoms with Crippen molar-refractivity contribution in [2.75, 3.05) is 20.3 Å². The maximum Gasteiger partial charge on any atom is 0.253 e. The predicted molar refractivity (Wildman–Crippen MR) is 102 cm³/mol. The summed E-state index contributed by atoms with van der Waals surface area (Å²) in [6.45, 7) is 1.50. The van der Waals surface area contributed by atoms with Gasteiger partial charge in [0.1, 0.15) is 0 Å². The lowest BCUT2D eigenvalue weighted by molar-refractivity contribution is -0.0670. The third kappa shape index (κ3) is 2.83. The Hall–Kier alpha value is -2.64. The van der Waals surface area contributed by atoms with Crippen LogP contribution in [0.1, 0.15) is 23.2 Å². The zero-order valence-corrected chi connectivity index (χ0v) is 15.3. The highest BCUT2D eigenvalue weighted by atomic mass is 16.5. The summed E-state index contributed by atoms with van der Waals surface area (Å²) in [5.74, 6) is -0.0120. The molecule has 0 spiro atoms. The molecule has 1 aromatic carbocycles. The van der Waals surface area contributed by atoms with E-state index in [1.807, 2.05) is 41.2 Å². The van der Waals surface area contributed by atoms with E-state index < -0.39 is 0 Å². The van der Waals surface area contributed by atoms with E-state index in [0.29, 0.717) is 17.6 Å². The van der Waals surface area contributed by atoms with E-state index in [0.717, 1.165) is 42.6 Å². The number of carbonyl (C=O) groups is 1. The Morgan fingerprint density at radius 3 is 2.78 bits per heavy atom. The smallest absolute Gasteiger partial charge is 0.253 e. The van der Waals surface area contributed by atoms with E-state index in [2.05, 4.69) is 27.5 Å². The van der Waals surface area contributed by atoms with Crippen molar-refractivity contribution in [2.45, 2.75) is 31.0 Å². The molecule has 2 aliphatic heterocycles. The van der Waals surface area contributed by atoms with Crippen molar-refractivity contribution in [3.05, 3.63) is 48.4 Å². The lowest BCUT2D eigenvalue weighted by Crippen LogP contribution is -2.59. The SMILES string of the molecule is CN1[C@@H]2COC[C@H]1C[C@@H](NC(=O)c1cn(-c3cn[nH]c3)c3ccccc13)C2. The second-order valence-corrected chi connectivity index (χ2v) is 7.54. The fourth-order valence-corrected chi connectivity index (χ4v) is 4.43. The summed E-state index contributed by atoms with van der Waals surface area (Å²) >= 11 is 0. The Morgan fingerprint density at radius 2 is 2.04 bits per heavy atom. The number of hydrogen-bond donors (Lipinski definition) is 2. The van der Waals surface area contributed by atoms with Crippen molar-refractivity contribution in [1.82, 2.24) is 25.0 Å². The lowest BCUT2D eigenvalue weighted by atomic mass is 9.90. The van der Waals surface area contributed by atoms with Crippen LogP contribution in [0, 0.1) is 0 Å². The number of nitrogens with zero attached hydrogens (tertiary/aromatic N) is 3. The average molecular weight is 365 g/mol. The number of fused-ring (bicyclic) bond motifs is 3. The van der Waals surface area contributed by atoms with E-state index in [1.54, 1.807) is 6.20 Å². The molecular formula is C20H23N5O2. The molecule has 2 bridgehead atoms. The van der Waals surface area contributed by atoms with Gasteiger partial charge in [-0.15, -0.1) is 0 Å². The highest BCUT2D eigenvalue weighted by Gasteiger charge is 2.37. The summed E-state index contributed by atoms with van der Waals surface area (Å²) in [7, 11) is 2.16. The number of aromatic nitrogens is 3. The zero-order valence-electron chi connectivity index (χ0n) is 15.3. The Morgan fingerprint density at radius 1 is 1.26 bits per heavy atom. The lowest BCUT2D eigenvalue weighted by Gasteiger charge is -2.46. The normalized spacial score (nSPS) is 25.6. The van der Waals surface area contributed by atoms with Crippen LogP contribution in [0.5, 0.6) is 0 Å². The van der Waals surface area contributed by atoms with Gasteiger partial charge in [-0.05, 0) is 26.0 Å². The number of nitrogens with one attached hydrogen (secondary N) is 2. The van der Waals surface area contributed by atoms with Gasteiger partial charge in [0.15, 0.2) is 0 Å². The Kier molecular flexibility index (Phi) is 3.98. The second kappa shape index (κ2) is 6.51. The van der Waals surface area contributed by atoms with Crippen molar-refractivity contribution in [3.63, 3.8) is 0 Å². The quantitative estimate of drug-likeness (QED) is 0.744. The molecule has 2 aromatic heterocycles. The van der Waals surface area contributed by atoms with Gasteiger partial charge in [-0.1, -0.05) is 18.2 Å². The van der Waals surface area contributed by atoms with Gasteiger partial charge in [0, 0.05) is 35.9 Å². The number of likely N-dealkylation sites (N-methyl/N-ethyl adjacent to an activating group) is 1. The maximum atomic E-state index is 13.1. The van der Waals surface area contributed by atoms with Crippen molar-refractivity contribution in [1.29, 1.82) is 0 Å². The molecule has 2 fully saturated rings. The van der Waals surface area contributed by atoms with E-state index in [-0.39, 0.29) is 11.9 Å². The number of ether oxygens (including phenoxy) is 1. The Balaban J connectivity index is 1.43. The number of H-pyrrole nitrogens is 1. The molecule has 3 aromatic rings. The molecule has 7 heteroatoms. The fraction of sp³-hybridized carbons (Fsp3) is 0.400. The van der Waals surface area contributed by atoms with Gasteiger partial charge in [0.05, 0.1) is 36.2 Å². The van der Waals surface area contributed by atoms with Crippen LogP contribution in [-0.2, 0) is 4.74 Å². The second-order valence-electron chi connectivity index (χ2n) is 7.54. The molecule has 140 valence electrons. The molecule has 0 unspecified atom stereocenters.